The van der Waals surface area contributed by atoms with E-state index in [0.717, 1.165) is 5.52 Å². The molecule has 4 rings (SSSR count). The van der Waals surface area contributed by atoms with Gasteiger partial charge in [-0.2, -0.15) is 5.10 Å². The third kappa shape index (κ3) is 2.46. The lowest BCUT2D eigenvalue weighted by molar-refractivity contribution is 0.188. The van der Waals surface area contributed by atoms with E-state index >= 15 is 0 Å². The Morgan fingerprint density at radius 1 is 1.38 bits per heavy atom. The second-order valence-electron chi connectivity index (χ2n) is 5.83. The number of hydrogen-bond donors (Lipinski definition) is 3. The van der Waals surface area contributed by atoms with Crippen molar-refractivity contribution in [2.24, 2.45) is 15.7 Å². The Morgan fingerprint density at radius 2 is 2.25 bits per heavy atom. The molecule has 4 N–H and O–H groups in total. The number of aliphatic hydroxyl groups excluding tert-OH is 1. The monoisotopic (exact) mass is 323 g/mol. The molecule has 8 heteroatoms. The van der Waals surface area contributed by atoms with Gasteiger partial charge in [-0.1, -0.05) is 6.07 Å². The predicted octanol–water partition coefficient (Wildman–Crippen LogP) is 0.705. The van der Waals surface area contributed by atoms with Crippen LogP contribution in [-0.2, 0) is 0 Å². The van der Waals surface area contributed by atoms with E-state index in [1.165, 1.54) is 0 Å². The number of rotatable bonds is 1. The lowest BCUT2D eigenvalue weighted by Crippen LogP contribution is -2.38. The van der Waals surface area contributed by atoms with Gasteiger partial charge in [0.05, 0.1) is 29.2 Å². The fourth-order valence-corrected chi connectivity index (χ4v) is 2.90. The van der Waals surface area contributed by atoms with E-state index in [9.17, 15) is 5.11 Å². The maximum Gasteiger partial charge on any atom is 0.178 e. The number of likely N-dealkylation sites (tertiary alicyclic amines) is 1. The van der Waals surface area contributed by atoms with E-state index in [0.29, 0.717) is 42.6 Å². The number of dihydropyridines is 1. The average Bonchev–Trinajstić information content (AvgIpc) is 3.17. The molecular weight excluding hydrogens is 306 g/mol. The highest BCUT2D eigenvalue weighted by atomic mass is 16.3. The Bertz CT molecular complexity index is 908. The van der Waals surface area contributed by atoms with Crippen LogP contribution in [-0.4, -0.2) is 56.2 Å². The van der Waals surface area contributed by atoms with Crippen molar-refractivity contribution in [3.8, 4) is 0 Å². The van der Waals surface area contributed by atoms with Crippen LogP contribution in [0.25, 0.3) is 5.52 Å². The molecule has 0 radical (unpaired) electrons. The lowest BCUT2D eigenvalue weighted by Gasteiger charge is -2.22. The van der Waals surface area contributed by atoms with Crippen LogP contribution < -0.4 is 5.73 Å². The summed E-state index contributed by atoms with van der Waals surface area (Å²) in [4.78, 5) is 10.9. The smallest absolute Gasteiger partial charge is 0.178 e. The highest BCUT2D eigenvalue weighted by Gasteiger charge is 2.27. The van der Waals surface area contributed by atoms with Crippen LogP contribution in [0.3, 0.4) is 0 Å². The minimum atomic E-state index is -0.385. The maximum absolute atomic E-state index is 9.71. The van der Waals surface area contributed by atoms with Crippen LogP contribution >= 0.6 is 0 Å². The Labute approximate surface area is 138 Å². The summed E-state index contributed by atoms with van der Waals surface area (Å²) >= 11 is 0. The molecule has 0 aliphatic carbocycles. The molecule has 2 aliphatic heterocycles. The zero-order valence-electron chi connectivity index (χ0n) is 12.9. The van der Waals surface area contributed by atoms with Crippen LogP contribution in [0.5, 0.6) is 0 Å². The molecule has 0 saturated carbocycles. The molecule has 0 bridgehead atoms. The summed E-state index contributed by atoms with van der Waals surface area (Å²) in [5.74, 6) is 0.858. The van der Waals surface area contributed by atoms with Crippen molar-refractivity contribution in [3.63, 3.8) is 0 Å². The van der Waals surface area contributed by atoms with Gasteiger partial charge in [0.2, 0.25) is 0 Å². The first-order chi connectivity index (χ1) is 11.6. The first-order valence-electron chi connectivity index (χ1n) is 7.71. The van der Waals surface area contributed by atoms with E-state index < -0.39 is 0 Å². The summed E-state index contributed by atoms with van der Waals surface area (Å²) < 4.78 is 1.73. The van der Waals surface area contributed by atoms with Crippen LogP contribution in [0, 0.1) is 5.41 Å². The molecule has 1 atom stereocenters. The molecule has 8 nitrogen and oxygen atoms in total. The Kier molecular flexibility index (Phi) is 3.39. The minimum absolute atomic E-state index is 0.236. The number of β-amino-alcohol motifs (C(OH)–C–C–N with tert-alkyl or cyclic N) is 1. The van der Waals surface area contributed by atoms with Gasteiger partial charge in [0.15, 0.2) is 11.7 Å². The molecule has 1 saturated heterocycles. The number of nitrogens with two attached hydrogens (primary N) is 1. The summed E-state index contributed by atoms with van der Waals surface area (Å²) in [6, 6.07) is 5.72. The standard InChI is InChI=1S/C16H17N7O/c17-11-7-12(18)16(22-6-4-10(24)9-22)21-15(11)20-13-8-19-23-5-2-1-3-14(13)23/h1-3,5,7-8,10,18,24H,4,6,9,17H2/b18-12?,20-15-. The van der Waals surface area contributed by atoms with Crippen LogP contribution in [0.15, 0.2) is 52.4 Å². The molecule has 24 heavy (non-hydrogen) atoms. The van der Waals surface area contributed by atoms with Gasteiger partial charge >= 0.3 is 0 Å². The zero-order chi connectivity index (χ0) is 16.7. The Morgan fingerprint density at radius 3 is 3.04 bits per heavy atom. The van der Waals surface area contributed by atoms with E-state index in [1.807, 2.05) is 29.3 Å². The van der Waals surface area contributed by atoms with Crippen molar-refractivity contribution in [2.75, 3.05) is 13.1 Å². The Balaban J connectivity index is 1.74. The van der Waals surface area contributed by atoms with E-state index in [2.05, 4.69) is 15.1 Å². The van der Waals surface area contributed by atoms with Gasteiger partial charge < -0.3 is 15.7 Å². The number of amidine groups is 2. The summed E-state index contributed by atoms with van der Waals surface area (Å²) in [6.45, 7) is 1.14. The predicted molar refractivity (Wildman–Crippen MR) is 91.9 cm³/mol. The van der Waals surface area contributed by atoms with E-state index in [4.69, 9.17) is 11.1 Å². The second kappa shape index (κ2) is 5.57. The molecule has 2 aromatic rings. The molecule has 4 heterocycles. The molecule has 122 valence electrons. The zero-order valence-corrected chi connectivity index (χ0v) is 12.9. The third-order valence-electron chi connectivity index (χ3n) is 4.11. The summed E-state index contributed by atoms with van der Waals surface area (Å²) in [5, 5.41) is 22.1. The van der Waals surface area contributed by atoms with E-state index in [1.54, 1.807) is 16.8 Å². The number of aromatic nitrogens is 2. The fraction of sp³-hybridized carbons (Fsp3) is 0.250. The number of aliphatic imine (C=N–C) groups is 2. The number of hydrogen-bond acceptors (Lipinski definition) is 6. The van der Waals surface area contributed by atoms with Crippen molar-refractivity contribution in [1.29, 1.82) is 5.41 Å². The molecule has 0 spiro atoms. The van der Waals surface area contributed by atoms with Crippen LogP contribution in [0.1, 0.15) is 6.42 Å². The molecule has 0 amide bonds. The normalized spacial score (nSPS) is 23.0. The second-order valence-corrected chi connectivity index (χ2v) is 5.83. The molecule has 0 aromatic carbocycles. The first kappa shape index (κ1) is 14.6. The van der Waals surface area contributed by atoms with Crippen LogP contribution in [0.2, 0.25) is 0 Å². The summed E-state index contributed by atoms with van der Waals surface area (Å²) in [7, 11) is 0. The van der Waals surface area contributed by atoms with Gasteiger partial charge in [-0.05, 0) is 24.6 Å². The van der Waals surface area contributed by atoms with Crippen molar-refractivity contribution in [3.05, 3.63) is 42.4 Å². The number of pyridine rings is 1. The highest BCUT2D eigenvalue weighted by molar-refractivity contribution is 6.48. The fourth-order valence-electron chi connectivity index (χ4n) is 2.90. The molecule has 1 unspecified atom stereocenters. The van der Waals surface area contributed by atoms with E-state index in [-0.39, 0.29) is 11.8 Å². The molecule has 2 aliphatic rings. The quantitative estimate of drug-likeness (QED) is 0.716. The minimum Gasteiger partial charge on any atom is -0.396 e. The number of nitrogens with zero attached hydrogens (tertiary/aromatic N) is 5. The van der Waals surface area contributed by atoms with Crippen molar-refractivity contribution >= 4 is 28.6 Å². The summed E-state index contributed by atoms with van der Waals surface area (Å²) in [6.07, 6.45) is 5.34. The Hall–Kier alpha value is -3.00. The first-order valence-corrected chi connectivity index (χ1v) is 7.71. The van der Waals surface area contributed by atoms with Gasteiger partial charge in [0, 0.05) is 19.3 Å². The van der Waals surface area contributed by atoms with Gasteiger partial charge in [-0.3, -0.25) is 5.41 Å². The average molecular weight is 323 g/mol. The van der Waals surface area contributed by atoms with Crippen molar-refractivity contribution in [1.82, 2.24) is 14.5 Å². The largest absolute Gasteiger partial charge is 0.396 e. The third-order valence-corrected chi connectivity index (χ3v) is 4.11. The molecular formula is C16H17N7O. The highest BCUT2D eigenvalue weighted by Crippen LogP contribution is 2.22. The molecule has 1 fully saturated rings. The SMILES string of the molecule is N=C1C=C(N)/C(=N/c2cnn3ccccc23)N=C1N1CCC(O)C1. The maximum atomic E-state index is 9.71. The number of aliphatic hydroxyl groups is 1. The van der Waals surface area contributed by atoms with Gasteiger partial charge in [0.1, 0.15) is 5.69 Å². The molecule has 2 aromatic heterocycles. The summed E-state index contributed by atoms with van der Waals surface area (Å²) in [5.41, 5.74) is 8.11. The van der Waals surface area contributed by atoms with Gasteiger partial charge in [-0.15, -0.1) is 0 Å². The van der Waals surface area contributed by atoms with Gasteiger partial charge in [-0.25, -0.2) is 14.5 Å². The topological polar surface area (TPSA) is 115 Å². The van der Waals surface area contributed by atoms with Crippen molar-refractivity contribution < 1.29 is 5.11 Å². The van der Waals surface area contributed by atoms with Crippen LogP contribution in [0.4, 0.5) is 5.69 Å². The van der Waals surface area contributed by atoms with Gasteiger partial charge in [0.25, 0.3) is 0 Å². The van der Waals surface area contributed by atoms with Crippen molar-refractivity contribution in [2.45, 2.75) is 12.5 Å². The number of nitrogens with one attached hydrogen (secondary N) is 1. The lowest BCUT2D eigenvalue weighted by atomic mass is 10.2. The number of fused-ring (bicyclic) bond motifs is 1.